The highest BCUT2D eigenvalue weighted by atomic mass is 32.2. The van der Waals surface area contributed by atoms with Crippen LogP contribution in [0.25, 0.3) is 10.9 Å². The summed E-state index contributed by atoms with van der Waals surface area (Å²) in [5.74, 6) is 0.352. The van der Waals surface area contributed by atoms with Crippen LogP contribution in [0.2, 0.25) is 0 Å². The summed E-state index contributed by atoms with van der Waals surface area (Å²) in [5.41, 5.74) is 6.72. The van der Waals surface area contributed by atoms with Gasteiger partial charge in [-0.25, -0.2) is 13.1 Å². The van der Waals surface area contributed by atoms with E-state index in [2.05, 4.69) is 56.5 Å². The fraction of sp³-hybridized carbons (Fsp3) is 0.579. The molecule has 2 saturated heterocycles. The van der Waals surface area contributed by atoms with Crippen molar-refractivity contribution in [1.82, 2.24) is 19.1 Å². The Morgan fingerprint density at radius 1 is 1.02 bits per heavy atom. The second kappa shape index (κ2) is 10.8. The third kappa shape index (κ3) is 4.54. The molecule has 4 aliphatic carbocycles. The molecule has 4 heterocycles. The van der Waals surface area contributed by atoms with Gasteiger partial charge >= 0.3 is 0 Å². The third-order valence-corrected chi connectivity index (χ3v) is 14.9. The van der Waals surface area contributed by atoms with Gasteiger partial charge in [0.25, 0.3) is 5.91 Å². The number of aromatic nitrogens is 1. The van der Waals surface area contributed by atoms with Crippen molar-refractivity contribution in [3.63, 3.8) is 0 Å². The number of allylic oxidation sites excluding steroid dienone is 4. The molecule has 0 spiro atoms. The molecule has 1 N–H and O–H groups in total. The van der Waals surface area contributed by atoms with Crippen molar-refractivity contribution in [2.75, 3.05) is 27.2 Å². The van der Waals surface area contributed by atoms with Gasteiger partial charge in [-0.1, -0.05) is 37.5 Å². The number of rotatable bonds is 6. The van der Waals surface area contributed by atoms with Crippen molar-refractivity contribution >= 4 is 32.7 Å². The summed E-state index contributed by atoms with van der Waals surface area (Å²) >= 11 is 0. The monoisotopic (exact) mass is 670 g/mol. The van der Waals surface area contributed by atoms with E-state index in [1.54, 1.807) is 14.0 Å². The molecule has 48 heavy (non-hydrogen) atoms. The number of nitrogens with one attached hydrogen (secondary N) is 1. The maximum absolute atomic E-state index is 14.8. The zero-order valence-corrected chi connectivity index (χ0v) is 29.1. The highest BCUT2D eigenvalue weighted by molar-refractivity contribution is 7.91. The molecule has 9 rings (SSSR count). The zero-order chi connectivity index (χ0) is 33.1. The van der Waals surface area contributed by atoms with Gasteiger partial charge in [0.2, 0.25) is 15.9 Å². The maximum Gasteiger partial charge on any atom is 0.265 e. The number of sulfonamides is 1. The van der Waals surface area contributed by atoms with Gasteiger partial charge in [-0.15, -0.1) is 0 Å². The van der Waals surface area contributed by atoms with Crippen LogP contribution in [-0.4, -0.2) is 78.7 Å². The summed E-state index contributed by atoms with van der Waals surface area (Å²) < 4.78 is 36.3. The second-order valence-corrected chi connectivity index (χ2v) is 17.9. The number of likely N-dealkylation sites (tertiary alicyclic amines) is 1. The Bertz CT molecular complexity index is 1950. The summed E-state index contributed by atoms with van der Waals surface area (Å²) in [7, 11) is 0.0669. The van der Waals surface area contributed by atoms with Crippen LogP contribution in [-0.2, 0) is 26.2 Å². The lowest BCUT2D eigenvalue weighted by Gasteiger charge is -2.43. The fourth-order valence-electron chi connectivity index (χ4n) is 9.91. The van der Waals surface area contributed by atoms with Gasteiger partial charge in [0.15, 0.2) is 0 Å². The number of piperazine rings is 1. The topological polar surface area (TPSA) is 101 Å². The fourth-order valence-corrected chi connectivity index (χ4v) is 11.1. The standard InChI is InChI=1S/C38H46N4O5S/c1-38(16-17-38)48(45,46)39-36(43)34-29-21-41-30(18-28-31(47-3)15-14-25(35(28)41)22-8-5-4-6-9-22)32-26(33(29)34)10-7-11-27(32)37(44)42-23-12-13-24(42)20-40(2)19-23/h7,10,14-15,18,22-24,27,32H,4-6,8-9,11-13,16-17,19-21H2,1-3H3,(H,39,43)/t23?,24?,27-,32?/m1/s1. The Labute approximate surface area is 283 Å². The summed E-state index contributed by atoms with van der Waals surface area (Å²) in [6.07, 6.45) is 14.0. The first-order valence-electron chi connectivity index (χ1n) is 18.0. The van der Waals surface area contributed by atoms with Crippen LogP contribution >= 0.6 is 0 Å². The predicted molar refractivity (Wildman–Crippen MR) is 184 cm³/mol. The van der Waals surface area contributed by atoms with Crippen molar-refractivity contribution < 1.29 is 22.7 Å². The second-order valence-electron chi connectivity index (χ2n) is 15.8. The van der Waals surface area contributed by atoms with Crippen LogP contribution in [0, 0.1) is 5.92 Å². The average Bonchev–Trinajstić information content (AvgIpc) is 3.95. The molecule has 7 aliphatic rings. The summed E-state index contributed by atoms with van der Waals surface area (Å²) in [6.45, 7) is 3.97. The number of carbonyl (C=O) groups excluding carboxylic acids is 2. The quantitative estimate of drug-likeness (QED) is 0.449. The first kappa shape index (κ1) is 30.7. The molecule has 1 aromatic heterocycles. The molecule has 4 fully saturated rings. The number of hydrogen-bond acceptors (Lipinski definition) is 6. The number of nitrogens with zero attached hydrogens (tertiary/aromatic N) is 3. The van der Waals surface area contributed by atoms with Crippen LogP contribution in [0.1, 0.15) is 94.2 Å². The lowest BCUT2D eigenvalue weighted by Crippen LogP contribution is -2.56. The molecular formula is C38H46N4O5S. The van der Waals surface area contributed by atoms with E-state index >= 15 is 0 Å². The lowest BCUT2D eigenvalue weighted by atomic mass is 9.75. The van der Waals surface area contributed by atoms with Crippen LogP contribution < -0.4 is 9.46 Å². The van der Waals surface area contributed by atoms with Crippen LogP contribution in [0.4, 0.5) is 0 Å². The number of likely N-dealkylation sites (N-methyl/N-ethyl adjacent to an activating group) is 1. The van der Waals surface area contributed by atoms with Crippen molar-refractivity contribution in [2.24, 2.45) is 5.92 Å². The van der Waals surface area contributed by atoms with E-state index in [4.69, 9.17) is 4.74 Å². The van der Waals surface area contributed by atoms with Crippen molar-refractivity contribution in [2.45, 2.75) is 106 Å². The summed E-state index contributed by atoms with van der Waals surface area (Å²) in [5, 5.41) is 1.05. The number of amides is 2. The molecule has 10 heteroatoms. The van der Waals surface area contributed by atoms with E-state index in [0.29, 0.717) is 37.3 Å². The van der Waals surface area contributed by atoms with Gasteiger partial charge in [-0.3, -0.25) is 9.59 Å². The molecule has 2 bridgehead atoms. The minimum absolute atomic E-state index is 0.207. The van der Waals surface area contributed by atoms with Crippen LogP contribution in [0.5, 0.6) is 5.75 Å². The van der Waals surface area contributed by atoms with Gasteiger partial charge in [0.1, 0.15) is 5.75 Å². The van der Waals surface area contributed by atoms with Gasteiger partial charge < -0.3 is 19.1 Å². The largest absolute Gasteiger partial charge is 0.496 e. The highest BCUT2D eigenvalue weighted by Crippen LogP contribution is 2.56. The summed E-state index contributed by atoms with van der Waals surface area (Å²) in [4.78, 5) is 33.2. The lowest BCUT2D eigenvalue weighted by molar-refractivity contribution is -0.141. The van der Waals surface area contributed by atoms with E-state index in [-0.39, 0.29) is 29.8 Å². The first-order chi connectivity index (χ1) is 23.1. The summed E-state index contributed by atoms with van der Waals surface area (Å²) in [6, 6.07) is 7.03. The van der Waals surface area contributed by atoms with Gasteiger partial charge in [0, 0.05) is 48.7 Å². The Morgan fingerprint density at radius 2 is 1.75 bits per heavy atom. The van der Waals surface area contributed by atoms with E-state index in [1.165, 1.54) is 24.8 Å². The van der Waals surface area contributed by atoms with Crippen molar-refractivity contribution in [1.29, 1.82) is 0 Å². The number of hydrogen-bond donors (Lipinski definition) is 1. The molecule has 4 atom stereocenters. The first-order valence-corrected chi connectivity index (χ1v) is 19.5. The zero-order valence-electron chi connectivity index (χ0n) is 28.3. The van der Waals surface area contributed by atoms with Gasteiger partial charge in [-0.2, -0.15) is 0 Å². The smallest absolute Gasteiger partial charge is 0.265 e. The number of ether oxygens (including phenoxy) is 1. The molecule has 9 nitrogen and oxygen atoms in total. The Hall–Kier alpha value is -3.37. The average molecular weight is 671 g/mol. The molecular weight excluding hydrogens is 625 g/mol. The maximum atomic E-state index is 14.8. The minimum atomic E-state index is -3.80. The Morgan fingerprint density at radius 3 is 2.44 bits per heavy atom. The molecule has 3 unspecified atom stereocenters. The molecule has 2 amide bonds. The third-order valence-electron chi connectivity index (χ3n) is 12.8. The Kier molecular flexibility index (Phi) is 6.91. The van der Waals surface area contributed by atoms with E-state index in [0.717, 1.165) is 77.8 Å². The van der Waals surface area contributed by atoms with E-state index in [1.807, 2.05) is 0 Å². The van der Waals surface area contributed by atoms with Crippen molar-refractivity contribution in [3.05, 3.63) is 63.9 Å². The van der Waals surface area contributed by atoms with Crippen molar-refractivity contribution in [3.8, 4) is 5.75 Å². The SMILES string of the molecule is COc1ccc(C2CCCCC2)c2c1cc1n2CC2=C(C(=O)NS(=O)(=O)C3(C)CC3)C2=C2C=CC[C@@H](C(=O)N3C4CCC3CN(C)C4)C21. The molecule has 1 aromatic carbocycles. The van der Waals surface area contributed by atoms with E-state index < -0.39 is 20.7 Å². The highest BCUT2D eigenvalue weighted by Gasteiger charge is 2.54. The normalized spacial score (nSPS) is 29.4. The van der Waals surface area contributed by atoms with Crippen LogP contribution in [0.15, 0.2) is 52.6 Å². The number of fused-ring (bicyclic) bond motifs is 8. The Balaban J connectivity index is 1.20. The molecule has 0 radical (unpaired) electrons. The molecule has 3 aliphatic heterocycles. The molecule has 2 aromatic rings. The van der Waals surface area contributed by atoms with Gasteiger partial charge in [0.05, 0.1) is 28.9 Å². The molecule has 2 saturated carbocycles. The van der Waals surface area contributed by atoms with Crippen LogP contribution in [0.3, 0.4) is 0 Å². The number of methoxy groups -OCH3 is 1. The number of carbonyl (C=O) groups is 2. The number of benzene rings is 1. The van der Waals surface area contributed by atoms with Gasteiger partial charge in [-0.05, 0) is 99.3 Å². The molecule has 254 valence electrons. The van der Waals surface area contributed by atoms with E-state index in [9.17, 15) is 18.0 Å². The minimum Gasteiger partial charge on any atom is -0.496 e. The predicted octanol–water partition coefficient (Wildman–Crippen LogP) is 5.28.